The third kappa shape index (κ3) is 5.26. The van der Waals surface area contributed by atoms with Crippen molar-refractivity contribution in [2.45, 2.75) is 45.2 Å². The minimum atomic E-state index is -1.22. The van der Waals surface area contributed by atoms with Crippen LogP contribution in [-0.4, -0.2) is 29.5 Å². The van der Waals surface area contributed by atoms with Gasteiger partial charge in [-0.1, -0.05) is 33.2 Å². The molecule has 0 bridgehead atoms. The van der Waals surface area contributed by atoms with Crippen molar-refractivity contribution >= 4 is 29.5 Å². The van der Waals surface area contributed by atoms with Crippen LogP contribution in [0.1, 0.15) is 33.1 Å². The van der Waals surface area contributed by atoms with E-state index in [2.05, 4.69) is 20.4 Å². The summed E-state index contributed by atoms with van der Waals surface area (Å²) in [4.78, 5) is 0. The standard InChI is InChI=1S/C7H22O2Si3/c1-4-5-6-7(2)12(8-10)9-11-3/h7,12H,4-6,11H2,1-3,10H3. The average Bonchev–Trinajstić information content (AvgIpc) is 2.10. The Labute approximate surface area is 83.4 Å². The molecule has 0 aliphatic rings. The van der Waals surface area contributed by atoms with Crippen LogP contribution in [0.25, 0.3) is 0 Å². The van der Waals surface area contributed by atoms with Crippen LogP contribution < -0.4 is 0 Å². The zero-order valence-corrected chi connectivity index (χ0v) is 13.4. The highest BCUT2D eigenvalue weighted by Crippen LogP contribution is 2.18. The van der Waals surface area contributed by atoms with Crippen molar-refractivity contribution in [1.29, 1.82) is 0 Å². The third-order valence-corrected chi connectivity index (χ3v) is 7.81. The molecule has 12 heavy (non-hydrogen) atoms. The molecule has 0 aliphatic heterocycles. The quantitative estimate of drug-likeness (QED) is 0.574. The van der Waals surface area contributed by atoms with E-state index < -0.39 is 9.28 Å². The summed E-state index contributed by atoms with van der Waals surface area (Å²) >= 11 is 0. The highest BCUT2D eigenvalue weighted by atomic mass is 28.4. The van der Waals surface area contributed by atoms with Crippen molar-refractivity contribution in [3.8, 4) is 0 Å². The first-order chi connectivity index (χ1) is 5.76. The second kappa shape index (κ2) is 8.18. The summed E-state index contributed by atoms with van der Waals surface area (Å²) in [5, 5.41) is 0. The monoisotopic (exact) mass is 222 g/mol. The van der Waals surface area contributed by atoms with Gasteiger partial charge in [-0.05, 0) is 12.0 Å². The first-order valence-corrected chi connectivity index (χ1v) is 9.32. The van der Waals surface area contributed by atoms with Gasteiger partial charge >= 0.3 is 9.28 Å². The van der Waals surface area contributed by atoms with Gasteiger partial charge in [0, 0.05) is 0 Å². The Hall–Kier alpha value is 0.571. The number of hydrogen-bond acceptors (Lipinski definition) is 2. The van der Waals surface area contributed by atoms with E-state index in [4.69, 9.17) is 8.23 Å². The maximum absolute atomic E-state index is 5.74. The lowest BCUT2D eigenvalue weighted by Crippen LogP contribution is -2.27. The molecular weight excluding hydrogens is 200 g/mol. The Morgan fingerprint density at radius 2 is 2.25 bits per heavy atom. The van der Waals surface area contributed by atoms with Crippen LogP contribution in [0.3, 0.4) is 0 Å². The zero-order chi connectivity index (χ0) is 9.40. The van der Waals surface area contributed by atoms with E-state index in [9.17, 15) is 0 Å². The van der Waals surface area contributed by atoms with Crippen LogP contribution in [0.5, 0.6) is 0 Å². The molecule has 0 N–H and O–H groups in total. The van der Waals surface area contributed by atoms with Crippen LogP contribution in [0, 0.1) is 0 Å². The largest absolute Gasteiger partial charge is 0.447 e. The van der Waals surface area contributed by atoms with Crippen LogP contribution in [-0.2, 0) is 8.23 Å². The highest BCUT2D eigenvalue weighted by Gasteiger charge is 2.18. The van der Waals surface area contributed by atoms with Gasteiger partial charge in [0.05, 0.1) is 0 Å². The molecule has 2 atom stereocenters. The summed E-state index contributed by atoms with van der Waals surface area (Å²) in [7, 11) is -0.615. The lowest BCUT2D eigenvalue weighted by Gasteiger charge is -2.20. The number of hydrogen-bond donors (Lipinski definition) is 0. The fourth-order valence-electron chi connectivity index (χ4n) is 1.29. The molecule has 0 radical (unpaired) electrons. The van der Waals surface area contributed by atoms with E-state index >= 15 is 0 Å². The van der Waals surface area contributed by atoms with E-state index in [-0.39, 0.29) is 9.76 Å². The minimum absolute atomic E-state index is 0.252. The fourth-order valence-corrected chi connectivity index (χ4v) is 8.05. The normalized spacial score (nSPS) is 17.2. The highest BCUT2D eigenvalue weighted by molar-refractivity contribution is 6.56. The van der Waals surface area contributed by atoms with Gasteiger partial charge in [-0.25, -0.2) is 0 Å². The topological polar surface area (TPSA) is 18.5 Å². The molecule has 2 unspecified atom stereocenters. The second-order valence-electron chi connectivity index (χ2n) is 3.18. The Morgan fingerprint density at radius 1 is 1.58 bits per heavy atom. The molecule has 0 aromatic rings. The maximum atomic E-state index is 5.74. The molecule has 0 fully saturated rings. The second-order valence-corrected chi connectivity index (χ2v) is 8.85. The van der Waals surface area contributed by atoms with Crippen molar-refractivity contribution in [2.75, 3.05) is 0 Å². The SMILES string of the molecule is CCCCC(C)[SiH](O[SiH3])O[SiH2]C. The molecule has 0 amide bonds. The van der Waals surface area contributed by atoms with Gasteiger partial charge in [0.1, 0.15) is 20.2 Å². The van der Waals surface area contributed by atoms with E-state index in [0.29, 0.717) is 0 Å². The Kier molecular flexibility index (Phi) is 8.57. The molecule has 0 saturated heterocycles. The lowest BCUT2D eigenvalue weighted by atomic mass is 10.2. The predicted octanol–water partition coefficient (Wildman–Crippen LogP) is 0.233. The Bertz CT molecular complexity index is 103. The summed E-state index contributed by atoms with van der Waals surface area (Å²) < 4.78 is 11.3. The van der Waals surface area contributed by atoms with Crippen LogP contribution in [0.4, 0.5) is 0 Å². The van der Waals surface area contributed by atoms with E-state index in [1.165, 1.54) is 19.3 Å². The van der Waals surface area contributed by atoms with Gasteiger partial charge in [-0.2, -0.15) is 0 Å². The first-order valence-electron chi connectivity index (χ1n) is 4.90. The van der Waals surface area contributed by atoms with Crippen molar-refractivity contribution in [1.82, 2.24) is 0 Å². The zero-order valence-electron chi connectivity index (χ0n) is 8.80. The number of rotatable bonds is 7. The molecular formula is C7H22O2Si3. The summed E-state index contributed by atoms with van der Waals surface area (Å²) in [6, 6.07) is 0. The summed E-state index contributed by atoms with van der Waals surface area (Å²) in [5.74, 6) is 0. The third-order valence-electron chi connectivity index (χ3n) is 2.04. The Morgan fingerprint density at radius 3 is 2.67 bits per heavy atom. The summed E-state index contributed by atoms with van der Waals surface area (Å²) in [6.45, 7) is 6.71. The van der Waals surface area contributed by atoms with Gasteiger partial charge < -0.3 is 8.23 Å². The molecule has 0 aromatic heterocycles. The maximum Gasteiger partial charge on any atom is 0.302 e. The molecule has 74 valence electrons. The van der Waals surface area contributed by atoms with Crippen molar-refractivity contribution in [2.24, 2.45) is 0 Å². The van der Waals surface area contributed by atoms with Gasteiger partial charge in [0.2, 0.25) is 0 Å². The van der Waals surface area contributed by atoms with Crippen LogP contribution in [0.15, 0.2) is 0 Å². The Balaban J connectivity index is 3.60. The first kappa shape index (κ1) is 12.6. The molecule has 0 aliphatic carbocycles. The van der Waals surface area contributed by atoms with Crippen LogP contribution >= 0.6 is 0 Å². The molecule has 0 heterocycles. The van der Waals surface area contributed by atoms with Gasteiger partial charge in [-0.15, -0.1) is 0 Å². The van der Waals surface area contributed by atoms with Gasteiger partial charge in [0.25, 0.3) is 0 Å². The smallest absolute Gasteiger partial charge is 0.302 e. The fraction of sp³-hybridized carbons (Fsp3) is 1.00. The van der Waals surface area contributed by atoms with Crippen molar-refractivity contribution < 1.29 is 8.23 Å². The molecule has 2 nitrogen and oxygen atoms in total. The van der Waals surface area contributed by atoms with Crippen molar-refractivity contribution in [3.05, 3.63) is 0 Å². The molecule has 0 saturated carbocycles. The lowest BCUT2D eigenvalue weighted by molar-refractivity contribution is 0.432. The van der Waals surface area contributed by atoms with Crippen molar-refractivity contribution in [3.63, 3.8) is 0 Å². The number of unbranched alkanes of at least 4 members (excludes halogenated alkanes) is 1. The minimum Gasteiger partial charge on any atom is -0.447 e. The molecule has 0 spiro atoms. The van der Waals surface area contributed by atoms with Gasteiger partial charge in [0.15, 0.2) is 0 Å². The summed E-state index contributed by atoms with van der Waals surface area (Å²) in [5.41, 5.74) is 0.717. The average molecular weight is 223 g/mol. The molecule has 0 aromatic carbocycles. The van der Waals surface area contributed by atoms with Crippen LogP contribution in [0.2, 0.25) is 12.1 Å². The molecule has 0 rings (SSSR count). The summed E-state index contributed by atoms with van der Waals surface area (Å²) in [6.07, 6.45) is 3.91. The van der Waals surface area contributed by atoms with E-state index in [1.807, 2.05) is 0 Å². The van der Waals surface area contributed by atoms with E-state index in [0.717, 1.165) is 16.0 Å². The van der Waals surface area contributed by atoms with E-state index in [1.54, 1.807) is 0 Å². The van der Waals surface area contributed by atoms with Gasteiger partial charge in [-0.3, -0.25) is 0 Å². The molecule has 5 heteroatoms. The predicted molar refractivity (Wildman–Crippen MR) is 62.6 cm³/mol.